The van der Waals surface area contributed by atoms with Gasteiger partial charge in [-0.2, -0.15) is 0 Å². The smallest absolute Gasteiger partial charge is 0.358 e. The van der Waals surface area contributed by atoms with Crippen LogP contribution < -0.4 is 5.32 Å². The molecule has 112 valence electrons. The van der Waals surface area contributed by atoms with Gasteiger partial charge >= 0.3 is 5.97 Å². The average molecular weight is 290 g/mol. The number of carbonyl (C=O) groups is 2. The van der Waals surface area contributed by atoms with E-state index in [1.807, 2.05) is 0 Å². The lowest BCUT2D eigenvalue weighted by molar-refractivity contribution is -0.122. The van der Waals surface area contributed by atoms with E-state index in [0.29, 0.717) is 24.3 Å². The average Bonchev–Trinajstić information content (AvgIpc) is 2.95. The molecule has 0 aromatic carbocycles. The Bertz CT molecular complexity index is 581. The predicted molar refractivity (Wildman–Crippen MR) is 73.5 cm³/mol. The van der Waals surface area contributed by atoms with E-state index in [9.17, 15) is 9.59 Å². The monoisotopic (exact) mass is 290 g/mol. The van der Waals surface area contributed by atoms with Crippen molar-refractivity contribution in [2.24, 2.45) is 17.8 Å². The van der Waals surface area contributed by atoms with Gasteiger partial charge in [-0.3, -0.25) is 4.79 Å². The van der Waals surface area contributed by atoms with Crippen LogP contribution in [0, 0.1) is 17.8 Å². The molecular formula is C14H18N4O3. The number of carboxylic acid groups (broad SMARTS) is 1. The third-order valence-corrected chi connectivity index (χ3v) is 4.34. The minimum absolute atomic E-state index is 0.00304. The Kier molecular flexibility index (Phi) is 3.72. The molecule has 0 aliphatic heterocycles. The Labute approximate surface area is 122 Å². The fourth-order valence-electron chi connectivity index (χ4n) is 3.21. The summed E-state index contributed by atoms with van der Waals surface area (Å²) < 4.78 is 1.24. The Morgan fingerprint density at radius 2 is 2.24 bits per heavy atom. The van der Waals surface area contributed by atoms with Crippen LogP contribution in [0.15, 0.2) is 18.3 Å². The zero-order valence-electron chi connectivity index (χ0n) is 11.6. The first-order valence-electron chi connectivity index (χ1n) is 7.20. The van der Waals surface area contributed by atoms with Gasteiger partial charge in [0.25, 0.3) is 0 Å². The molecule has 2 bridgehead atoms. The summed E-state index contributed by atoms with van der Waals surface area (Å²) in [4.78, 5) is 22.6. The van der Waals surface area contributed by atoms with Crippen molar-refractivity contribution in [2.45, 2.75) is 25.8 Å². The van der Waals surface area contributed by atoms with Crippen LogP contribution >= 0.6 is 0 Å². The number of hydrogen-bond acceptors (Lipinski definition) is 4. The largest absolute Gasteiger partial charge is 0.476 e. The third-order valence-electron chi connectivity index (χ3n) is 4.34. The van der Waals surface area contributed by atoms with E-state index in [4.69, 9.17) is 5.11 Å². The first-order valence-corrected chi connectivity index (χ1v) is 7.20. The van der Waals surface area contributed by atoms with E-state index in [1.165, 1.54) is 23.7 Å². The number of hydrogen-bond donors (Lipinski definition) is 2. The van der Waals surface area contributed by atoms with Gasteiger partial charge < -0.3 is 10.4 Å². The number of allylic oxidation sites excluding steroid dienone is 2. The van der Waals surface area contributed by atoms with Crippen LogP contribution in [0.1, 0.15) is 29.8 Å². The van der Waals surface area contributed by atoms with Gasteiger partial charge in [0.05, 0.1) is 6.20 Å². The molecule has 1 fully saturated rings. The van der Waals surface area contributed by atoms with Crippen LogP contribution in [0.25, 0.3) is 0 Å². The molecular weight excluding hydrogens is 272 g/mol. The third kappa shape index (κ3) is 3.12. The number of rotatable bonds is 5. The summed E-state index contributed by atoms with van der Waals surface area (Å²) >= 11 is 0. The van der Waals surface area contributed by atoms with Gasteiger partial charge in [-0.25, -0.2) is 9.48 Å². The summed E-state index contributed by atoms with van der Waals surface area (Å²) in [5, 5.41) is 18.8. The molecule has 3 aliphatic carbocycles. The van der Waals surface area contributed by atoms with Crippen molar-refractivity contribution in [1.82, 2.24) is 20.3 Å². The van der Waals surface area contributed by atoms with Crippen molar-refractivity contribution in [3.63, 3.8) is 0 Å². The molecule has 1 heterocycles. The van der Waals surface area contributed by atoms with Crippen LogP contribution in [0.3, 0.4) is 0 Å². The zero-order valence-corrected chi connectivity index (χ0v) is 11.6. The summed E-state index contributed by atoms with van der Waals surface area (Å²) in [6, 6.07) is 0. The molecule has 3 atom stereocenters. The first-order chi connectivity index (χ1) is 10.1. The van der Waals surface area contributed by atoms with Crippen molar-refractivity contribution in [3.8, 4) is 0 Å². The minimum atomic E-state index is -1.15. The van der Waals surface area contributed by atoms with E-state index in [2.05, 4.69) is 27.8 Å². The summed E-state index contributed by atoms with van der Waals surface area (Å²) in [7, 11) is 0. The van der Waals surface area contributed by atoms with Crippen LogP contribution in [-0.4, -0.2) is 38.5 Å². The Balaban J connectivity index is 1.48. The van der Waals surface area contributed by atoms with Crippen molar-refractivity contribution in [2.75, 3.05) is 6.54 Å². The van der Waals surface area contributed by atoms with Gasteiger partial charge in [-0.15, -0.1) is 5.10 Å². The second-order valence-corrected chi connectivity index (χ2v) is 5.79. The summed E-state index contributed by atoms with van der Waals surface area (Å²) in [6.45, 7) is 0.668. The number of nitrogens with zero attached hydrogens (tertiary/aromatic N) is 3. The molecule has 1 saturated carbocycles. The van der Waals surface area contributed by atoms with E-state index in [1.54, 1.807) is 0 Å². The van der Waals surface area contributed by atoms with Gasteiger partial charge in [-0.1, -0.05) is 17.4 Å². The van der Waals surface area contributed by atoms with Crippen LogP contribution in [-0.2, 0) is 11.3 Å². The lowest BCUT2D eigenvalue weighted by Crippen LogP contribution is -2.38. The number of carboxylic acids is 1. The number of carbonyl (C=O) groups excluding carboxylic acids is 1. The first kappa shape index (κ1) is 13.8. The highest BCUT2D eigenvalue weighted by atomic mass is 16.4. The quantitative estimate of drug-likeness (QED) is 0.778. The second-order valence-electron chi connectivity index (χ2n) is 5.79. The van der Waals surface area contributed by atoms with Crippen LogP contribution in [0.5, 0.6) is 0 Å². The van der Waals surface area contributed by atoms with E-state index in [-0.39, 0.29) is 18.1 Å². The van der Waals surface area contributed by atoms with Crippen LogP contribution in [0.2, 0.25) is 0 Å². The van der Waals surface area contributed by atoms with E-state index in [0.717, 1.165) is 6.42 Å². The SMILES string of the molecule is O=C(Cn1cc(C(=O)O)nn1)NCC1CC2C=CC1CC2. The maximum absolute atomic E-state index is 11.9. The molecule has 7 nitrogen and oxygen atoms in total. The van der Waals surface area contributed by atoms with Crippen molar-refractivity contribution >= 4 is 11.9 Å². The Morgan fingerprint density at radius 1 is 1.38 bits per heavy atom. The lowest BCUT2D eigenvalue weighted by atomic mass is 9.69. The van der Waals surface area contributed by atoms with E-state index < -0.39 is 5.97 Å². The van der Waals surface area contributed by atoms with Gasteiger partial charge in [-0.05, 0) is 37.0 Å². The second kappa shape index (κ2) is 5.67. The van der Waals surface area contributed by atoms with Gasteiger partial charge in [0.2, 0.25) is 5.91 Å². The highest BCUT2D eigenvalue weighted by molar-refractivity contribution is 5.84. The van der Waals surface area contributed by atoms with Gasteiger partial charge in [0.1, 0.15) is 6.54 Å². The molecule has 4 rings (SSSR count). The Hall–Kier alpha value is -2.18. The molecule has 3 unspecified atom stereocenters. The molecule has 1 amide bonds. The standard InChI is InChI=1S/C14H18N4O3/c19-13(8-18-7-12(14(20)21)16-17-18)15-6-11-5-9-1-3-10(11)4-2-9/h1,3,7,9-11H,2,4-6,8H2,(H,15,19)(H,20,21). The highest BCUT2D eigenvalue weighted by Gasteiger charge is 2.31. The summed E-state index contributed by atoms with van der Waals surface area (Å²) in [5.41, 5.74) is -0.155. The normalized spacial score (nSPS) is 26.8. The predicted octanol–water partition coefficient (Wildman–Crippen LogP) is 0.695. The number of aromatic carboxylic acids is 1. The molecule has 2 N–H and O–H groups in total. The van der Waals surface area contributed by atoms with E-state index >= 15 is 0 Å². The maximum atomic E-state index is 11.9. The lowest BCUT2D eigenvalue weighted by Gasteiger charge is -2.38. The number of aromatic nitrogens is 3. The highest BCUT2D eigenvalue weighted by Crippen LogP contribution is 2.39. The molecule has 1 aromatic heterocycles. The molecule has 3 aliphatic rings. The molecule has 0 saturated heterocycles. The topological polar surface area (TPSA) is 97.1 Å². The number of fused-ring (bicyclic) bond motifs is 2. The molecule has 21 heavy (non-hydrogen) atoms. The number of amides is 1. The van der Waals surface area contributed by atoms with Crippen molar-refractivity contribution in [1.29, 1.82) is 0 Å². The molecule has 0 radical (unpaired) electrons. The molecule has 0 spiro atoms. The van der Waals surface area contributed by atoms with Gasteiger partial charge in [0.15, 0.2) is 5.69 Å². The van der Waals surface area contributed by atoms with Crippen LogP contribution in [0.4, 0.5) is 0 Å². The van der Waals surface area contributed by atoms with Gasteiger partial charge in [0, 0.05) is 6.54 Å². The fraction of sp³-hybridized carbons (Fsp3) is 0.571. The summed E-state index contributed by atoms with van der Waals surface area (Å²) in [6.07, 6.45) is 9.47. The molecule has 7 heteroatoms. The minimum Gasteiger partial charge on any atom is -0.476 e. The molecule has 1 aromatic rings. The maximum Gasteiger partial charge on any atom is 0.358 e. The van der Waals surface area contributed by atoms with Crippen molar-refractivity contribution in [3.05, 3.63) is 24.0 Å². The Morgan fingerprint density at radius 3 is 2.81 bits per heavy atom. The summed E-state index contributed by atoms with van der Waals surface area (Å²) in [5.74, 6) is 0.461. The fourth-order valence-corrected chi connectivity index (χ4v) is 3.21. The van der Waals surface area contributed by atoms with Crippen molar-refractivity contribution < 1.29 is 14.7 Å². The zero-order chi connectivity index (χ0) is 14.8. The number of nitrogens with one attached hydrogen (secondary N) is 1.